The molecule has 3 aromatic carbocycles. The Balaban J connectivity index is 1.23. The fraction of sp³-hybridized carbons (Fsp3) is 0.120. The molecule has 0 unspecified atom stereocenters. The van der Waals surface area contributed by atoms with Crippen molar-refractivity contribution >= 4 is 51.3 Å². The highest BCUT2D eigenvalue weighted by molar-refractivity contribution is 14.1. The van der Waals surface area contributed by atoms with Gasteiger partial charge in [-0.05, 0) is 58.5 Å². The average Bonchev–Trinajstić information content (AvgIpc) is 3.44. The molecule has 0 atom stereocenters. The van der Waals surface area contributed by atoms with Crippen LogP contribution in [0.3, 0.4) is 0 Å². The number of anilines is 1. The van der Waals surface area contributed by atoms with Crippen LogP contribution in [0.1, 0.15) is 11.1 Å². The fourth-order valence-corrected chi connectivity index (χ4v) is 4.06. The van der Waals surface area contributed by atoms with Gasteiger partial charge in [-0.25, -0.2) is 5.43 Å². The Hall–Kier alpha value is -3.53. The SMILES string of the molecule is O=C(CNc1ccc2c(c1)OCO2)N/N=C\c1cn(Cc2ccc(I)cc2)c2ccccc12. The summed E-state index contributed by atoms with van der Waals surface area (Å²) in [7, 11) is 0. The van der Waals surface area contributed by atoms with Crippen LogP contribution in [0.2, 0.25) is 0 Å². The van der Waals surface area contributed by atoms with Crippen LogP contribution in [0.25, 0.3) is 10.9 Å². The molecule has 1 aliphatic heterocycles. The van der Waals surface area contributed by atoms with Gasteiger partial charge in [0.15, 0.2) is 11.5 Å². The minimum atomic E-state index is -0.244. The predicted octanol–water partition coefficient (Wildman–Crippen LogP) is 4.59. The number of halogens is 1. The number of hydrogen-bond donors (Lipinski definition) is 2. The fourth-order valence-electron chi connectivity index (χ4n) is 3.70. The lowest BCUT2D eigenvalue weighted by Crippen LogP contribution is -2.25. The molecule has 166 valence electrons. The summed E-state index contributed by atoms with van der Waals surface area (Å²) in [6.07, 6.45) is 3.74. The molecule has 4 aromatic rings. The molecule has 0 radical (unpaired) electrons. The van der Waals surface area contributed by atoms with Crippen LogP contribution in [-0.4, -0.2) is 30.0 Å². The molecule has 8 heteroatoms. The smallest absolute Gasteiger partial charge is 0.259 e. The highest BCUT2D eigenvalue weighted by atomic mass is 127. The monoisotopic (exact) mass is 552 g/mol. The molecule has 0 saturated heterocycles. The molecule has 33 heavy (non-hydrogen) atoms. The molecular weight excluding hydrogens is 531 g/mol. The minimum absolute atomic E-state index is 0.0888. The lowest BCUT2D eigenvalue weighted by atomic mass is 10.2. The number of rotatable bonds is 7. The van der Waals surface area contributed by atoms with Crippen molar-refractivity contribution in [1.82, 2.24) is 9.99 Å². The van der Waals surface area contributed by atoms with E-state index in [4.69, 9.17) is 9.47 Å². The maximum atomic E-state index is 12.2. The Bertz CT molecular complexity index is 1330. The van der Waals surface area contributed by atoms with E-state index in [0.29, 0.717) is 11.5 Å². The predicted molar refractivity (Wildman–Crippen MR) is 137 cm³/mol. The largest absolute Gasteiger partial charge is 0.454 e. The number of nitrogens with one attached hydrogen (secondary N) is 2. The zero-order valence-corrected chi connectivity index (χ0v) is 19.8. The number of carbonyl (C=O) groups excluding carboxylic acids is 1. The zero-order chi connectivity index (χ0) is 22.6. The van der Waals surface area contributed by atoms with Crippen molar-refractivity contribution in [2.24, 2.45) is 5.10 Å². The Kier molecular flexibility index (Phi) is 6.16. The van der Waals surface area contributed by atoms with Crippen LogP contribution < -0.4 is 20.2 Å². The van der Waals surface area contributed by atoms with Gasteiger partial charge >= 0.3 is 0 Å². The maximum absolute atomic E-state index is 12.2. The number of amides is 1. The molecule has 1 aliphatic rings. The Morgan fingerprint density at radius 3 is 2.76 bits per heavy atom. The average molecular weight is 552 g/mol. The molecule has 0 fully saturated rings. The van der Waals surface area contributed by atoms with Crippen LogP contribution in [0.15, 0.2) is 78.0 Å². The van der Waals surface area contributed by atoms with Gasteiger partial charge in [-0.1, -0.05) is 30.3 Å². The zero-order valence-electron chi connectivity index (χ0n) is 17.6. The standard InChI is InChI=1S/C25H21IN4O3/c26-19-7-5-17(6-8-19)14-30-15-18(21-3-1-2-4-22(21)30)12-28-29-25(31)13-27-20-9-10-23-24(11-20)33-16-32-23/h1-12,15,27H,13-14,16H2,(H,29,31)/b28-12-. The summed E-state index contributed by atoms with van der Waals surface area (Å²) < 4.78 is 14.1. The molecule has 0 spiro atoms. The number of para-hydroxylation sites is 1. The van der Waals surface area contributed by atoms with Gasteiger partial charge in [0.05, 0.1) is 12.8 Å². The molecule has 2 heterocycles. The number of ether oxygens (including phenoxy) is 2. The molecule has 2 N–H and O–H groups in total. The van der Waals surface area contributed by atoms with E-state index in [0.717, 1.165) is 28.7 Å². The number of hydrogen-bond acceptors (Lipinski definition) is 5. The summed E-state index contributed by atoms with van der Waals surface area (Å²) in [5.41, 5.74) is 6.65. The topological polar surface area (TPSA) is 76.9 Å². The molecule has 0 aliphatic carbocycles. The summed E-state index contributed by atoms with van der Waals surface area (Å²) in [4.78, 5) is 12.2. The summed E-state index contributed by atoms with van der Waals surface area (Å²) in [6.45, 7) is 1.07. The van der Waals surface area contributed by atoms with Crippen LogP contribution in [0, 0.1) is 3.57 Å². The van der Waals surface area contributed by atoms with Crippen LogP contribution >= 0.6 is 22.6 Å². The first-order chi connectivity index (χ1) is 16.2. The Labute approximate surface area is 204 Å². The molecule has 0 bridgehead atoms. The van der Waals surface area contributed by atoms with Gasteiger partial charge in [0.25, 0.3) is 5.91 Å². The van der Waals surface area contributed by atoms with Gasteiger partial charge in [-0.15, -0.1) is 0 Å². The number of benzene rings is 3. The lowest BCUT2D eigenvalue weighted by molar-refractivity contribution is -0.119. The van der Waals surface area contributed by atoms with Gasteiger partial charge in [0.2, 0.25) is 6.79 Å². The van der Waals surface area contributed by atoms with Gasteiger partial charge in [0.1, 0.15) is 0 Å². The number of hydrazone groups is 1. The first-order valence-electron chi connectivity index (χ1n) is 10.4. The van der Waals surface area contributed by atoms with E-state index in [2.05, 4.69) is 85.6 Å². The van der Waals surface area contributed by atoms with E-state index in [9.17, 15) is 4.79 Å². The van der Waals surface area contributed by atoms with Crippen molar-refractivity contribution in [3.05, 3.63) is 87.6 Å². The molecule has 0 saturated carbocycles. The Morgan fingerprint density at radius 2 is 1.88 bits per heavy atom. The lowest BCUT2D eigenvalue weighted by Gasteiger charge is -2.06. The number of fused-ring (bicyclic) bond motifs is 2. The maximum Gasteiger partial charge on any atom is 0.259 e. The van der Waals surface area contributed by atoms with Crippen molar-refractivity contribution in [1.29, 1.82) is 0 Å². The molecule has 1 aromatic heterocycles. The second-order valence-corrected chi connectivity index (χ2v) is 8.82. The van der Waals surface area contributed by atoms with E-state index >= 15 is 0 Å². The third-order valence-electron chi connectivity index (χ3n) is 5.30. The third kappa shape index (κ3) is 4.95. The van der Waals surface area contributed by atoms with E-state index < -0.39 is 0 Å². The Morgan fingerprint density at radius 1 is 1.06 bits per heavy atom. The second kappa shape index (κ2) is 9.53. The van der Waals surface area contributed by atoms with Gasteiger partial charge in [-0.3, -0.25) is 4.79 Å². The van der Waals surface area contributed by atoms with Crippen molar-refractivity contribution < 1.29 is 14.3 Å². The summed E-state index contributed by atoms with van der Waals surface area (Å²) in [6, 6.07) is 22.1. The first-order valence-corrected chi connectivity index (χ1v) is 11.5. The number of carbonyl (C=O) groups is 1. The van der Waals surface area contributed by atoms with Crippen LogP contribution in [0.5, 0.6) is 11.5 Å². The van der Waals surface area contributed by atoms with E-state index in [1.54, 1.807) is 12.3 Å². The summed E-state index contributed by atoms with van der Waals surface area (Å²) in [5.74, 6) is 1.13. The minimum Gasteiger partial charge on any atom is -0.454 e. The van der Waals surface area contributed by atoms with Crippen molar-refractivity contribution in [3.8, 4) is 11.5 Å². The molecule has 7 nitrogen and oxygen atoms in total. The summed E-state index contributed by atoms with van der Waals surface area (Å²) in [5, 5.41) is 8.31. The van der Waals surface area contributed by atoms with Crippen LogP contribution in [-0.2, 0) is 11.3 Å². The highest BCUT2D eigenvalue weighted by Crippen LogP contribution is 2.34. The van der Waals surface area contributed by atoms with E-state index in [1.807, 2.05) is 24.3 Å². The van der Waals surface area contributed by atoms with Crippen LogP contribution in [0.4, 0.5) is 5.69 Å². The quantitative estimate of drug-likeness (QED) is 0.200. The number of nitrogens with zero attached hydrogens (tertiary/aromatic N) is 2. The van der Waals surface area contributed by atoms with Gasteiger partial charge < -0.3 is 19.4 Å². The third-order valence-corrected chi connectivity index (χ3v) is 6.02. The van der Waals surface area contributed by atoms with Crippen molar-refractivity contribution in [2.45, 2.75) is 6.54 Å². The molecule has 1 amide bonds. The number of aromatic nitrogens is 1. The molecular formula is C25H21IN4O3. The first kappa shape index (κ1) is 21.3. The van der Waals surface area contributed by atoms with E-state index in [1.165, 1.54) is 9.13 Å². The van der Waals surface area contributed by atoms with Crippen molar-refractivity contribution in [3.63, 3.8) is 0 Å². The normalized spacial score (nSPS) is 12.4. The second-order valence-electron chi connectivity index (χ2n) is 7.57. The van der Waals surface area contributed by atoms with Gasteiger partial charge in [-0.2, -0.15) is 5.10 Å². The van der Waals surface area contributed by atoms with Crippen molar-refractivity contribution in [2.75, 3.05) is 18.7 Å². The van der Waals surface area contributed by atoms with Gasteiger partial charge in [0, 0.05) is 44.5 Å². The van der Waals surface area contributed by atoms with E-state index in [-0.39, 0.29) is 19.2 Å². The highest BCUT2D eigenvalue weighted by Gasteiger charge is 2.13. The molecule has 5 rings (SSSR count). The summed E-state index contributed by atoms with van der Waals surface area (Å²) >= 11 is 2.31.